The first-order valence-electron chi connectivity index (χ1n) is 8.60. The van der Waals surface area contributed by atoms with Crippen molar-refractivity contribution in [3.05, 3.63) is 40.4 Å². The molecule has 0 unspecified atom stereocenters. The zero-order valence-electron chi connectivity index (χ0n) is 16.0. The largest absolute Gasteiger partial charge is 0.274 e. The van der Waals surface area contributed by atoms with E-state index in [0.29, 0.717) is 10.9 Å². The van der Waals surface area contributed by atoms with Crippen molar-refractivity contribution in [2.24, 2.45) is 0 Å². The second-order valence-corrected chi connectivity index (χ2v) is 8.31. The highest BCUT2D eigenvalue weighted by atomic mass is 32.2. The summed E-state index contributed by atoms with van der Waals surface area (Å²) in [4.78, 5) is 18.6. The molecule has 3 aromatic rings. The lowest BCUT2D eigenvalue weighted by molar-refractivity contribution is -0.115. The van der Waals surface area contributed by atoms with Gasteiger partial charge in [0.2, 0.25) is 11.1 Å². The Morgan fingerprint density at radius 3 is 2.74 bits per heavy atom. The normalized spacial score (nSPS) is 11.2. The molecule has 0 N–H and O–H groups in total. The average molecular weight is 403 g/mol. The van der Waals surface area contributed by atoms with Crippen LogP contribution in [0, 0.1) is 13.8 Å². The second-order valence-electron chi connectivity index (χ2n) is 6.53. The number of aromatic nitrogens is 5. The number of tetrazole rings is 1. The van der Waals surface area contributed by atoms with Crippen LogP contribution in [0.1, 0.15) is 43.6 Å². The summed E-state index contributed by atoms with van der Waals surface area (Å²) < 4.78 is 1.79. The standard InChI is InChI=1S/C18H22N6OS2/c1-11(2)24-18(20-21-22-24)27-10-15-9-26-17(19-15)23(14(5)25)16-7-6-12(3)13(4)8-16/h6-9,11H,10H2,1-5H3. The predicted octanol–water partition coefficient (Wildman–Crippen LogP) is 4.30. The summed E-state index contributed by atoms with van der Waals surface area (Å²) in [7, 11) is 0. The molecule has 0 aliphatic heterocycles. The maximum Gasteiger partial charge on any atom is 0.230 e. The number of carbonyl (C=O) groups excluding carboxylic acids is 1. The number of hydrogen-bond acceptors (Lipinski definition) is 7. The third kappa shape index (κ3) is 4.36. The van der Waals surface area contributed by atoms with Gasteiger partial charge in [-0.05, 0) is 61.4 Å². The third-order valence-corrected chi connectivity index (χ3v) is 5.94. The van der Waals surface area contributed by atoms with Crippen molar-refractivity contribution in [3.8, 4) is 0 Å². The molecular formula is C18H22N6OS2. The first-order chi connectivity index (χ1) is 12.9. The molecule has 2 heterocycles. The van der Waals surface area contributed by atoms with E-state index in [4.69, 9.17) is 0 Å². The Kier molecular flexibility index (Phi) is 5.91. The molecule has 2 aromatic heterocycles. The summed E-state index contributed by atoms with van der Waals surface area (Å²) in [6.45, 7) is 9.73. The smallest absolute Gasteiger partial charge is 0.230 e. The molecule has 7 nitrogen and oxygen atoms in total. The molecule has 142 valence electrons. The van der Waals surface area contributed by atoms with Gasteiger partial charge >= 0.3 is 0 Å². The zero-order chi connectivity index (χ0) is 19.6. The summed E-state index contributed by atoms with van der Waals surface area (Å²) in [5.74, 6) is 0.581. The molecule has 0 spiro atoms. The third-order valence-electron chi connectivity index (χ3n) is 4.10. The van der Waals surface area contributed by atoms with Crippen LogP contribution >= 0.6 is 23.1 Å². The summed E-state index contributed by atoms with van der Waals surface area (Å²) in [5.41, 5.74) is 4.07. The Morgan fingerprint density at radius 2 is 2.07 bits per heavy atom. The van der Waals surface area contributed by atoms with Crippen molar-refractivity contribution < 1.29 is 4.79 Å². The highest BCUT2D eigenvalue weighted by Gasteiger charge is 2.19. The van der Waals surface area contributed by atoms with Crippen molar-refractivity contribution in [3.63, 3.8) is 0 Å². The van der Waals surface area contributed by atoms with Crippen molar-refractivity contribution in [2.45, 2.75) is 51.6 Å². The molecule has 0 aliphatic carbocycles. The van der Waals surface area contributed by atoms with E-state index in [9.17, 15) is 4.79 Å². The number of benzene rings is 1. The maximum atomic E-state index is 12.3. The number of aryl methyl sites for hydroxylation is 2. The van der Waals surface area contributed by atoms with E-state index >= 15 is 0 Å². The number of anilines is 2. The Balaban J connectivity index is 1.79. The van der Waals surface area contributed by atoms with E-state index in [-0.39, 0.29) is 11.9 Å². The summed E-state index contributed by atoms with van der Waals surface area (Å²) >= 11 is 3.00. The Labute approximate surface area is 166 Å². The number of thioether (sulfide) groups is 1. The molecule has 0 aliphatic rings. The van der Waals surface area contributed by atoms with Gasteiger partial charge in [0, 0.05) is 18.1 Å². The molecule has 0 bridgehead atoms. The van der Waals surface area contributed by atoms with Crippen molar-refractivity contribution in [2.75, 3.05) is 4.90 Å². The zero-order valence-corrected chi connectivity index (χ0v) is 17.6. The molecule has 0 saturated carbocycles. The molecular weight excluding hydrogens is 380 g/mol. The van der Waals surface area contributed by atoms with Crippen LogP contribution in [0.4, 0.5) is 10.8 Å². The topological polar surface area (TPSA) is 76.8 Å². The van der Waals surface area contributed by atoms with Crippen molar-refractivity contribution in [1.29, 1.82) is 0 Å². The van der Waals surface area contributed by atoms with Crippen LogP contribution in [0.15, 0.2) is 28.7 Å². The lowest BCUT2D eigenvalue weighted by Crippen LogP contribution is -2.22. The van der Waals surface area contributed by atoms with Crippen LogP contribution in [-0.2, 0) is 10.5 Å². The summed E-state index contributed by atoms with van der Waals surface area (Å²) in [5, 5.41) is 15.2. The van der Waals surface area contributed by atoms with Gasteiger partial charge in [-0.15, -0.1) is 16.4 Å². The molecule has 0 radical (unpaired) electrons. The summed E-state index contributed by atoms with van der Waals surface area (Å²) in [6.07, 6.45) is 0. The Morgan fingerprint density at radius 1 is 1.30 bits per heavy atom. The Hall–Kier alpha value is -2.26. The predicted molar refractivity (Wildman–Crippen MR) is 109 cm³/mol. The molecule has 0 atom stereocenters. The van der Waals surface area contributed by atoms with Gasteiger partial charge in [0.05, 0.1) is 17.4 Å². The fourth-order valence-electron chi connectivity index (χ4n) is 2.50. The molecule has 1 aromatic carbocycles. The average Bonchev–Trinajstić information content (AvgIpc) is 3.25. The van der Waals surface area contributed by atoms with Gasteiger partial charge < -0.3 is 0 Å². The number of rotatable bonds is 6. The lowest BCUT2D eigenvalue weighted by Gasteiger charge is -2.19. The van der Waals surface area contributed by atoms with E-state index in [2.05, 4.69) is 27.4 Å². The van der Waals surface area contributed by atoms with Crippen LogP contribution in [0.3, 0.4) is 0 Å². The number of amides is 1. The van der Waals surface area contributed by atoms with Crippen LogP contribution in [0.25, 0.3) is 0 Å². The SMILES string of the molecule is CC(=O)N(c1ccc(C)c(C)c1)c1nc(CSc2nnnn2C(C)C)cs1. The molecule has 0 saturated heterocycles. The molecule has 1 amide bonds. The molecule has 9 heteroatoms. The van der Waals surface area contributed by atoms with Crippen LogP contribution < -0.4 is 4.90 Å². The number of thiazole rings is 1. The number of nitrogens with zero attached hydrogens (tertiary/aromatic N) is 6. The minimum atomic E-state index is -0.0597. The van der Waals surface area contributed by atoms with Gasteiger partial charge in [0.1, 0.15) is 0 Å². The number of carbonyl (C=O) groups is 1. The van der Waals surface area contributed by atoms with Gasteiger partial charge in [-0.1, -0.05) is 17.8 Å². The van der Waals surface area contributed by atoms with E-state index in [1.165, 1.54) is 28.7 Å². The van der Waals surface area contributed by atoms with E-state index in [1.807, 2.05) is 44.4 Å². The van der Waals surface area contributed by atoms with Crippen LogP contribution in [-0.4, -0.2) is 31.1 Å². The highest BCUT2D eigenvalue weighted by molar-refractivity contribution is 7.98. The first kappa shape index (κ1) is 19.5. The van der Waals surface area contributed by atoms with Crippen molar-refractivity contribution in [1.82, 2.24) is 25.2 Å². The quantitative estimate of drug-likeness (QED) is 0.572. The second kappa shape index (κ2) is 8.18. The molecule has 27 heavy (non-hydrogen) atoms. The summed E-state index contributed by atoms with van der Waals surface area (Å²) in [6, 6.07) is 6.20. The van der Waals surface area contributed by atoms with Gasteiger partial charge in [-0.2, -0.15) is 0 Å². The van der Waals surface area contributed by atoms with Gasteiger partial charge in [0.15, 0.2) is 5.13 Å². The lowest BCUT2D eigenvalue weighted by atomic mass is 10.1. The van der Waals surface area contributed by atoms with Crippen LogP contribution in [0.2, 0.25) is 0 Å². The fraction of sp³-hybridized carbons (Fsp3) is 0.389. The van der Waals surface area contributed by atoms with Gasteiger partial charge in [-0.25, -0.2) is 9.67 Å². The van der Waals surface area contributed by atoms with E-state index in [0.717, 1.165) is 22.1 Å². The Bertz CT molecular complexity index is 949. The fourth-order valence-corrected chi connectivity index (χ4v) is 4.39. The molecule has 3 rings (SSSR count). The minimum absolute atomic E-state index is 0.0597. The van der Waals surface area contributed by atoms with Crippen molar-refractivity contribution >= 4 is 39.8 Å². The minimum Gasteiger partial charge on any atom is -0.274 e. The number of hydrogen-bond donors (Lipinski definition) is 0. The van der Waals surface area contributed by atoms with E-state index in [1.54, 1.807) is 16.5 Å². The monoisotopic (exact) mass is 402 g/mol. The highest BCUT2D eigenvalue weighted by Crippen LogP contribution is 2.32. The first-order valence-corrected chi connectivity index (χ1v) is 10.5. The maximum absolute atomic E-state index is 12.3. The van der Waals surface area contributed by atoms with E-state index < -0.39 is 0 Å². The van der Waals surface area contributed by atoms with Crippen LogP contribution in [0.5, 0.6) is 0 Å². The molecule has 0 fully saturated rings. The van der Waals surface area contributed by atoms with Gasteiger partial charge in [0.25, 0.3) is 0 Å². The van der Waals surface area contributed by atoms with Gasteiger partial charge in [-0.3, -0.25) is 9.69 Å².